The van der Waals surface area contributed by atoms with Crippen molar-refractivity contribution in [2.24, 2.45) is 0 Å². The maximum Gasteiger partial charge on any atom is 0.344 e. The standard InChI is InChI=1S/C21H27NO5/c1-3-26-20(24)14-27-19-10-4-16(5-11-19)12-13-22-15(2)21(25)17-6-8-18(23)9-7-17/h4-11,15,21-23,25H,3,12-14H2,1-2H3/t15-,21+/m0/s1. The number of phenolic OH excluding ortho intramolecular Hbond substituents is 1. The molecule has 0 amide bonds. The van der Waals surface area contributed by atoms with Crippen molar-refractivity contribution in [1.29, 1.82) is 0 Å². The highest BCUT2D eigenvalue weighted by molar-refractivity contribution is 5.71. The lowest BCUT2D eigenvalue weighted by Gasteiger charge is -2.20. The van der Waals surface area contributed by atoms with E-state index in [9.17, 15) is 15.0 Å². The summed E-state index contributed by atoms with van der Waals surface area (Å²) in [5, 5.41) is 23.0. The summed E-state index contributed by atoms with van der Waals surface area (Å²) in [5.74, 6) is 0.420. The Balaban J connectivity index is 1.74. The van der Waals surface area contributed by atoms with E-state index in [0.29, 0.717) is 18.9 Å². The van der Waals surface area contributed by atoms with Gasteiger partial charge in [0.15, 0.2) is 6.61 Å². The van der Waals surface area contributed by atoms with Crippen molar-refractivity contribution in [3.05, 3.63) is 59.7 Å². The molecule has 2 aromatic carbocycles. The molecule has 0 fully saturated rings. The van der Waals surface area contributed by atoms with Gasteiger partial charge in [-0.3, -0.25) is 0 Å². The average Bonchev–Trinajstić information content (AvgIpc) is 2.67. The lowest BCUT2D eigenvalue weighted by atomic mass is 10.0. The number of hydrogen-bond donors (Lipinski definition) is 3. The summed E-state index contributed by atoms with van der Waals surface area (Å²) in [6.45, 7) is 4.63. The number of benzene rings is 2. The van der Waals surface area contributed by atoms with Gasteiger partial charge in [-0.15, -0.1) is 0 Å². The van der Waals surface area contributed by atoms with Crippen LogP contribution in [0.2, 0.25) is 0 Å². The van der Waals surface area contributed by atoms with Gasteiger partial charge in [0.05, 0.1) is 12.7 Å². The Morgan fingerprint density at radius 1 is 1.11 bits per heavy atom. The predicted octanol–water partition coefficient (Wildman–Crippen LogP) is 2.59. The molecule has 3 N–H and O–H groups in total. The van der Waals surface area contributed by atoms with Crippen LogP contribution >= 0.6 is 0 Å². The zero-order chi connectivity index (χ0) is 19.6. The Bertz CT molecular complexity index is 700. The van der Waals surface area contributed by atoms with Crippen LogP contribution in [0, 0.1) is 0 Å². The third kappa shape index (κ3) is 6.92. The topological polar surface area (TPSA) is 88.0 Å². The Kier molecular flexibility index (Phi) is 8.10. The zero-order valence-electron chi connectivity index (χ0n) is 15.7. The predicted molar refractivity (Wildman–Crippen MR) is 103 cm³/mol. The van der Waals surface area contributed by atoms with Gasteiger partial charge in [-0.05, 0) is 62.2 Å². The smallest absolute Gasteiger partial charge is 0.344 e. The van der Waals surface area contributed by atoms with Crippen molar-refractivity contribution in [3.8, 4) is 11.5 Å². The second-order valence-corrected chi connectivity index (χ2v) is 6.27. The fourth-order valence-corrected chi connectivity index (χ4v) is 2.61. The molecule has 0 saturated carbocycles. The van der Waals surface area contributed by atoms with Gasteiger partial charge in [-0.1, -0.05) is 24.3 Å². The second kappa shape index (κ2) is 10.5. The number of carbonyl (C=O) groups excluding carboxylic acids is 1. The van der Waals surface area contributed by atoms with Crippen LogP contribution in [-0.4, -0.2) is 42.0 Å². The number of rotatable bonds is 10. The Hall–Kier alpha value is -2.57. The molecule has 0 aliphatic rings. The first-order chi connectivity index (χ1) is 13.0. The summed E-state index contributed by atoms with van der Waals surface area (Å²) in [7, 11) is 0. The number of aliphatic hydroxyl groups excluding tert-OH is 1. The lowest BCUT2D eigenvalue weighted by Crippen LogP contribution is -2.33. The van der Waals surface area contributed by atoms with Crippen molar-refractivity contribution in [2.75, 3.05) is 19.8 Å². The number of ether oxygens (including phenoxy) is 2. The number of nitrogens with one attached hydrogen (secondary N) is 1. The van der Waals surface area contributed by atoms with Gasteiger partial charge in [-0.25, -0.2) is 4.79 Å². The SMILES string of the molecule is CCOC(=O)COc1ccc(CCN[C@@H](C)[C@@H](O)c2ccc(O)cc2)cc1. The summed E-state index contributed by atoms with van der Waals surface area (Å²) in [6.07, 6.45) is 0.148. The van der Waals surface area contributed by atoms with Crippen LogP contribution in [-0.2, 0) is 16.0 Å². The van der Waals surface area contributed by atoms with Gasteiger partial charge in [0.2, 0.25) is 0 Å². The van der Waals surface area contributed by atoms with E-state index in [-0.39, 0.29) is 24.4 Å². The normalized spacial score (nSPS) is 13.0. The first-order valence-corrected chi connectivity index (χ1v) is 9.07. The molecule has 2 rings (SSSR count). The van der Waals surface area contributed by atoms with Crippen LogP contribution in [0.4, 0.5) is 0 Å². The van der Waals surface area contributed by atoms with Crippen LogP contribution < -0.4 is 10.1 Å². The van der Waals surface area contributed by atoms with Crippen molar-refractivity contribution < 1.29 is 24.5 Å². The number of carbonyl (C=O) groups is 1. The first-order valence-electron chi connectivity index (χ1n) is 9.07. The van der Waals surface area contributed by atoms with E-state index in [1.165, 1.54) is 0 Å². The molecule has 0 bridgehead atoms. The third-order valence-corrected chi connectivity index (χ3v) is 4.17. The monoisotopic (exact) mass is 373 g/mol. The molecule has 0 unspecified atom stereocenters. The molecule has 0 radical (unpaired) electrons. The molecule has 6 heteroatoms. The first kappa shape index (κ1) is 20.7. The largest absolute Gasteiger partial charge is 0.508 e. The van der Waals surface area contributed by atoms with E-state index >= 15 is 0 Å². The van der Waals surface area contributed by atoms with Crippen LogP contribution in [0.3, 0.4) is 0 Å². The molecule has 6 nitrogen and oxygen atoms in total. The number of aliphatic hydroxyl groups is 1. The third-order valence-electron chi connectivity index (χ3n) is 4.17. The molecule has 0 saturated heterocycles. The molecule has 27 heavy (non-hydrogen) atoms. The molecule has 2 atom stereocenters. The number of hydrogen-bond acceptors (Lipinski definition) is 6. The summed E-state index contributed by atoms with van der Waals surface area (Å²) < 4.78 is 10.2. The number of esters is 1. The minimum Gasteiger partial charge on any atom is -0.508 e. The highest BCUT2D eigenvalue weighted by atomic mass is 16.6. The quantitative estimate of drug-likeness (QED) is 0.555. The van der Waals surface area contributed by atoms with Crippen molar-refractivity contribution >= 4 is 5.97 Å². The Morgan fingerprint density at radius 2 is 1.78 bits per heavy atom. The van der Waals surface area contributed by atoms with E-state index in [0.717, 1.165) is 17.5 Å². The molecule has 0 aliphatic carbocycles. The van der Waals surface area contributed by atoms with Gasteiger partial charge >= 0.3 is 5.97 Å². The molecule has 0 aliphatic heterocycles. The Labute approximate surface area is 159 Å². The zero-order valence-corrected chi connectivity index (χ0v) is 15.7. The van der Waals surface area contributed by atoms with Crippen LogP contribution in [0.1, 0.15) is 31.1 Å². The van der Waals surface area contributed by atoms with Crippen molar-refractivity contribution in [3.63, 3.8) is 0 Å². The molecule has 146 valence electrons. The van der Waals surface area contributed by atoms with Crippen LogP contribution in [0.25, 0.3) is 0 Å². The maximum atomic E-state index is 11.3. The molecule has 2 aromatic rings. The van der Waals surface area contributed by atoms with Gasteiger partial charge in [0, 0.05) is 6.04 Å². The minimum atomic E-state index is -0.649. The maximum absolute atomic E-state index is 11.3. The summed E-state index contributed by atoms with van der Waals surface area (Å²) in [6, 6.07) is 14.0. The van der Waals surface area contributed by atoms with E-state index in [1.54, 1.807) is 31.2 Å². The van der Waals surface area contributed by atoms with Gasteiger partial charge in [0.25, 0.3) is 0 Å². The Morgan fingerprint density at radius 3 is 2.41 bits per heavy atom. The van der Waals surface area contributed by atoms with Crippen molar-refractivity contribution in [1.82, 2.24) is 5.32 Å². The van der Waals surface area contributed by atoms with Gasteiger partial charge in [0.1, 0.15) is 11.5 Å². The van der Waals surface area contributed by atoms with Gasteiger partial charge < -0.3 is 25.0 Å². The number of aromatic hydroxyl groups is 1. The highest BCUT2D eigenvalue weighted by Crippen LogP contribution is 2.19. The highest BCUT2D eigenvalue weighted by Gasteiger charge is 2.15. The molecule has 0 spiro atoms. The van der Waals surface area contributed by atoms with Gasteiger partial charge in [-0.2, -0.15) is 0 Å². The van der Waals surface area contributed by atoms with Crippen LogP contribution in [0.15, 0.2) is 48.5 Å². The van der Waals surface area contributed by atoms with E-state index in [1.807, 2.05) is 31.2 Å². The molecular weight excluding hydrogens is 346 g/mol. The van der Waals surface area contributed by atoms with Crippen molar-refractivity contribution in [2.45, 2.75) is 32.4 Å². The summed E-state index contributed by atoms with van der Waals surface area (Å²) in [5.41, 5.74) is 1.88. The lowest BCUT2D eigenvalue weighted by molar-refractivity contribution is -0.145. The molecule has 0 heterocycles. The fourth-order valence-electron chi connectivity index (χ4n) is 2.61. The molecule has 0 aromatic heterocycles. The summed E-state index contributed by atoms with van der Waals surface area (Å²) in [4.78, 5) is 11.3. The molecular formula is C21H27NO5. The van der Waals surface area contributed by atoms with Crippen LogP contribution in [0.5, 0.6) is 11.5 Å². The van der Waals surface area contributed by atoms with E-state index < -0.39 is 6.10 Å². The number of phenols is 1. The minimum absolute atomic E-state index is 0.0958. The average molecular weight is 373 g/mol. The van der Waals surface area contributed by atoms with E-state index in [2.05, 4.69) is 5.32 Å². The summed E-state index contributed by atoms with van der Waals surface area (Å²) >= 11 is 0. The fraction of sp³-hybridized carbons (Fsp3) is 0.381. The van der Waals surface area contributed by atoms with E-state index in [4.69, 9.17) is 9.47 Å². The second-order valence-electron chi connectivity index (χ2n) is 6.27.